The van der Waals surface area contributed by atoms with Crippen molar-refractivity contribution in [3.8, 4) is 5.75 Å². The fourth-order valence-electron chi connectivity index (χ4n) is 2.66. The molecule has 0 fully saturated rings. The van der Waals surface area contributed by atoms with Crippen LogP contribution >= 0.6 is 11.3 Å². The number of benzene rings is 1. The van der Waals surface area contributed by atoms with Gasteiger partial charge >= 0.3 is 0 Å². The molecule has 2 aromatic heterocycles. The number of ether oxygens (including phenoxy) is 1. The lowest BCUT2D eigenvalue weighted by atomic mass is 10.1. The van der Waals surface area contributed by atoms with Gasteiger partial charge in [0.15, 0.2) is 0 Å². The van der Waals surface area contributed by atoms with E-state index in [2.05, 4.69) is 10.4 Å². The molecule has 3 rings (SSSR count). The number of hydrogen-bond donors (Lipinski definition) is 1. The van der Waals surface area contributed by atoms with Crippen LogP contribution in [0.4, 0.5) is 0 Å². The van der Waals surface area contributed by atoms with Gasteiger partial charge < -0.3 is 10.1 Å². The first-order valence-corrected chi connectivity index (χ1v) is 9.38. The van der Waals surface area contributed by atoms with Gasteiger partial charge in [0.2, 0.25) is 0 Å². The van der Waals surface area contributed by atoms with E-state index in [4.69, 9.17) is 4.74 Å². The molecule has 0 aliphatic heterocycles. The molecule has 0 aliphatic carbocycles. The van der Waals surface area contributed by atoms with Crippen LogP contribution in [-0.2, 0) is 13.7 Å². The van der Waals surface area contributed by atoms with Crippen LogP contribution in [0.2, 0.25) is 0 Å². The first-order chi connectivity index (χ1) is 12.4. The minimum absolute atomic E-state index is 0.0765. The number of aromatic nitrogens is 2. The summed E-state index contributed by atoms with van der Waals surface area (Å²) in [5.74, 6) is 0.751. The Labute approximate surface area is 157 Å². The molecule has 2 heterocycles. The van der Waals surface area contributed by atoms with Gasteiger partial charge in [-0.3, -0.25) is 9.48 Å². The van der Waals surface area contributed by atoms with Crippen molar-refractivity contribution in [2.75, 3.05) is 0 Å². The van der Waals surface area contributed by atoms with Crippen LogP contribution in [0.15, 0.2) is 41.9 Å². The molecular weight excluding hydrogens is 346 g/mol. The lowest BCUT2D eigenvalue weighted by molar-refractivity contribution is 0.0944. The van der Waals surface area contributed by atoms with Crippen LogP contribution in [0, 0.1) is 13.8 Å². The van der Waals surface area contributed by atoms with Crippen LogP contribution < -0.4 is 10.1 Å². The number of hydrogen-bond acceptors (Lipinski definition) is 4. The van der Waals surface area contributed by atoms with E-state index < -0.39 is 0 Å². The molecule has 0 spiro atoms. The predicted octanol–water partition coefficient (Wildman–Crippen LogP) is 4.17. The average Bonchev–Trinajstić information content (AvgIpc) is 3.22. The Balaban J connectivity index is 1.59. The van der Waals surface area contributed by atoms with Crippen LogP contribution in [0.3, 0.4) is 0 Å². The molecule has 0 saturated heterocycles. The minimum Gasteiger partial charge on any atom is -0.489 e. The van der Waals surface area contributed by atoms with Crippen molar-refractivity contribution in [2.24, 2.45) is 7.05 Å². The second-order valence-electron chi connectivity index (χ2n) is 6.43. The van der Waals surface area contributed by atoms with Crippen LogP contribution in [0.25, 0.3) is 0 Å². The molecule has 0 aliphatic rings. The molecule has 1 amide bonds. The topological polar surface area (TPSA) is 56.1 Å². The molecule has 5 nitrogen and oxygen atoms in total. The maximum atomic E-state index is 12.5. The van der Waals surface area contributed by atoms with Gasteiger partial charge in [-0.1, -0.05) is 17.7 Å². The summed E-state index contributed by atoms with van der Waals surface area (Å²) in [6, 6.07) is 9.73. The fourth-order valence-corrected chi connectivity index (χ4v) is 3.46. The summed E-state index contributed by atoms with van der Waals surface area (Å²) in [4.78, 5) is 13.2. The summed E-state index contributed by atoms with van der Waals surface area (Å²) >= 11 is 1.43. The Morgan fingerprint density at radius 2 is 2.04 bits per heavy atom. The summed E-state index contributed by atoms with van der Waals surface area (Å²) in [7, 11) is 1.90. The zero-order chi connectivity index (χ0) is 18.7. The lowest BCUT2D eigenvalue weighted by Gasteiger charge is -2.13. The third-order valence-electron chi connectivity index (χ3n) is 4.39. The van der Waals surface area contributed by atoms with Crippen molar-refractivity contribution < 1.29 is 9.53 Å². The van der Waals surface area contributed by atoms with Crippen LogP contribution in [-0.4, -0.2) is 15.7 Å². The number of amides is 1. The summed E-state index contributed by atoms with van der Waals surface area (Å²) in [5, 5.41) is 9.23. The third kappa shape index (κ3) is 4.14. The summed E-state index contributed by atoms with van der Waals surface area (Å²) in [6.07, 6.45) is 1.80. The highest BCUT2D eigenvalue weighted by molar-refractivity contribution is 7.12. The standard InChI is InChI=1S/C20H23N3O2S/c1-13-5-7-17(8-6-13)25-11-16-9-19(26-12-16)20(24)22-14(2)18-10-21-23(4)15(18)3/h5-10,12,14H,11H2,1-4H3,(H,22,24). The summed E-state index contributed by atoms with van der Waals surface area (Å²) < 4.78 is 7.58. The molecule has 1 N–H and O–H groups in total. The predicted molar refractivity (Wildman–Crippen MR) is 104 cm³/mol. The maximum Gasteiger partial charge on any atom is 0.261 e. The Morgan fingerprint density at radius 1 is 1.31 bits per heavy atom. The Bertz CT molecular complexity index is 896. The number of thiophene rings is 1. The molecule has 3 aromatic rings. The molecule has 1 aromatic carbocycles. The van der Waals surface area contributed by atoms with Gasteiger partial charge in [0.1, 0.15) is 12.4 Å². The molecule has 1 unspecified atom stereocenters. The molecule has 136 valence electrons. The van der Waals surface area contributed by atoms with Gasteiger partial charge in [-0.25, -0.2) is 0 Å². The Morgan fingerprint density at radius 3 is 2.69 bits per heavy atom. The van der Waals surface area contributed by atoms with Crippen molar-refractivity contribution in [1.82, 2.24) is 15.1 Å². The largest absolute Gasteiger partial charge is 0.489 e. The molecule has 0 bridgehead atoms. The summed E-state index contributed by atoms with van der Waals surface area (Å²) in [5.41, 5.74) is 4.27. The van der Waals surface area contributed by atoms with Crippen molar-refractivity contribution >= 4 is 17.2 Å². The maximum absolute atomic E-state index is 12.5. The molecule has 26 heavy (non-hydrogen) atoms. The van der Waals surface area contributed by atoms with Crippen LogP contribution in [0.1, 0.15) is 45.0 Å². The van der Waals surface area contributed by atoms with E-state index in [-0.39, 0.29) is 11.9 Å². The van der Waals surface area contributed by atoms with Gasteiger partial charge in [0.25, 0.3) is 5.91 Å². The zero-order valence-corrected chi connectivity index (χ0v) is 16.3. The van der Waals surface area contributed by atoms with Gasteiger partial charge in [-0.15, -0.1) is 11.3 Å². The lowest BCUT2D eigenvalue weighted by Crippen LogP contribution is -2.26. The number of nitrogens with zero attached hydrogens (tertiary/aromatic N) is 2. The van der Waals surface area contributed by atoms with Crippen molar-refractivity contribution in [1.29, 1.82) is 0 Å². The molecule has 0 saturated carbocycles. The van der Waals surface area contributed by atoms with Crippen LogP contribution in [0.5, 0.6) is 5.75 Å². The quantitative estimate of drug-likeness (QED) is 0.709. The zero-order valence-electron chi connectivity index (χ0n) is 15.4. The third-order valence-corrected chi connectivity index (χ3v) is 5.37. The second-order valence-corrected chi connectivity index (χ2v) is 7.34. The van der Waals surface area contributed by atoms with Gasteiger partial charge in [-0.2, -0.15) is 5.10 Å². The van der Waals surface area contributed by atoms with E-state index in [1.807, 2.05) is 68.2 Å². The second kappa shape index (κ2) is 7.74. The average molecular weight is 369 g/mol. The van der Waals surface area contributed by atoms with E-state index in [1.54, 1.807) is 6.20 Å². The normalized spacial score (nSPS) is 12.0. The SMILES string of the molecule is Cc1ccc(OCc2csc(C(=O)NC(C)c3cnn(C)c3C)c2)cc1. The molecule has 6 heteroatoms. The fraction of sp³-hybridized carbons (Fsp3) is 0.300. The van der Waals surface area contributed by atoms with E-state index in [0.29, 0.717) is 11.5 Å². The van der Waals surface area contributed by atoms with Gasteiger partial charge in [0, 0.05) is 23.9 Å². The first kappa shape index (κ1) is 18.2. The summed E-state index contributed by atoms with van der Waals surface area (Å²) in [6.45, 7) is 6.46. The molecule has 0 radical (unpaired) electrons. The number of carbonyl (C=O) groups is 1. The Kier molecular flexibility index (Phi) is 5.42. The number of nitrogens with one attached hydrogen (secondary N) is 1. The molecule has 1 atom stereocenters. The van der Waals surface area contributed by atoms with E-state index in [9.17, 15) is 4.79 Å². The number of aryl methyl sites for hydroxylation is 2. The highest BCUT2D eigenvalue weighted by Crippen LogP contribution is 2.21. The van der Waals surface area contributed by atoms with Gasteiger partial charge in [-0.05, 0) is 44.4 Å². The first-order valence-electron chi connectivity index (χ1n) is 8.50. The number of carbonyl (C=O) groups excluding carboxylic acids is 1. The highest BCUT2D eigenvalue weighted by atomic mass is 32.1. The van der Waals surface area contributed by atoms with Crippen molar-refractivity contribution in [3.05, 3.63) is 69.2 Å². The van der Waals surface area contributed by atoms with Crippen molar-refractivity contribution in [3.63, 3.8) is 0 Å². The van der Waals surface area contributed by atoms with E-state index in [1.165, 1.54) is 16.9 Å². The minimum atomic E-state index is -0.0921. The van der Waals surface area contributed by atoms with E-state index in [0.717, 1.165) is 22.6 Å². The molecular formula is C20H23N3O2S. The number of rotatable bonds is 6. The Hall–Kier alpha value is -2.60. The highest BCUT2D eigenvalue weighted by Gasteiger charge is 2.17. The monoisotopic (exact) mass is 369 g/mol. The van der Waals surface area contributed by atoms with Crippen molar-refractivity contribution in [2.45, 2.75) is 33.4 Å². The van der Waals surface area contributed by atoms with Gasteiger partial charge in [0.05, 0.1) is 17.1 Å². The smallest absolute Gasteiger partial charge is 0.261 e. The van der Waals surface area contributed by atoms with E-state index >= 15 is 0 Å².